The number of alkyl halides is 1. The van der Waals surface area contributed by atoms with Crippen LogP contribution in [0.25, 0.3) is 22.1 Å². The van der Waals surface area contributed by atoms with Gasteiger partial charge in [-0.2, -0.15) is 0 Å². The Hall–Kier alpha value is 0.464. The molecule has 48 heavy (non-hydrogen) atoms. The first-order valence-corrected chi connectivity index (χ1v) is 16.6. The van der Waals surface area contributed by atoms with Crippen LogP contribution in [-0.4, -0.2) is 34.9 Å². The molecule has 0 aliphatic carbocycles. The van der Waals surface area contributed by atoms with Crippen LogP contribution in [-0.2, 0) is 9.68 Å². The number of aromatic hydroxyl groups is 1. The molecule has 0 aliphatic heterocycles. The maximum Gasteiger partial charge on any atom is 1.00 e. The van der Waals surface area contributed by atoms with Crippen molar-refractivity contribution < 1.29 is 178 Å². The third kappa shape index (κ3) is 18.8. The summed E-state index contributed by atoms with van der Waals surface area (Å²) in [7, 11) is 0. The van der Waals surface area contributed by atoms with Gasteiger partial charge in [-0.15, -0.1) is 0 Å². The number of halogens is 3. The number of fused-ring (bicyclic) bond motifs is 1. The number of carbonyl (C=O) groups is 2. The molecule has 1 N–H and O–H groups in total. The number of phenols is 1. The Balaban J connectivity index is 0. The molecule has 1 heterocycles. The molecule has 0 radical (unpaired) electrons. The second-order valence-electron chi connectivity index (χ2n) is 9.90. The molecule has 5 aromatic rings. The molecule has 1 aromatic heterocycles. The summed E-state index contributed by atoms with van der Waals surface area (Å²) >= 11 is 9.86. The van der Waals surface area contributed by atoms with Crippen molar-refractivity contribution in [3.8, 4) is 28.4 Å². The smallest absolute Gasteiger partial charge is 1.00 e. The molecule has 0 atom stereocenters. The van der Waals surface area contributed by atoms with Crippen LogP contribution in [0.15, 0.2) is 111 Å². The molecule has 0 aliphatic rings. The van der Waals surface area contributed by atoms with Crippen molar-refractivity contribution in [3.63, 3.8) is 0 Å². The number of Topliss-reactive ketones (excluding diaryl/α,β-unsaturated/α-hetero) is 1. The number of carbonyl (C=O) groups excluding carboxylic acids is 2. The van der Waals surface area contributed by atoms with Crippen molar-refractivity contribution >= 4 is 71.0 Å². The van der Waals surface area contributed by atoms with E-state index in [4.69, 9.17) is 29.0 Å². The Kier molecular flexibility index (Phi) is 27.4. The predicted molar refractivity (Wildman–Crippen MR) is 190 cm³/mol. The molecule has 0 amide bonds. The van der Waals surface area contributed by atoms with Gasteiger partial charge in [0.15, 0.2) is 5.78 Å². The zero-order valence-electron chi connectivity index (χ0n) is 28.6. The molecule has 0 bridgehead atoms. The molecule has 0 fully saturated rings. The second kappa shape index (κ2) is 27.1. The van der Waals surface area contributed by atoms with Crippen molar-refractivity contribution in [1.82, 2.24) is 0 Å². The van der Waals surface area contributed by atoms with Crippen molar-refractivity contribution in [2.24, 2.45) is 0 Å². The van der Waals surface area contributed by atoms with Crippen LogP contribution in [0, 0.1) is 0 Å². The van der Waals surface area contributed by atoms with Crippen LogP contribution in [0.4, 0.5) is 0 Å². The molecular formula is C35H35Br3Cs2O8. The number of benzene rings is 4. The minimum atomic E-state index is -0.181. The number of phenolic OH excluding ortho intramolecular Hbond substituents is 1. The summed E-state index contributed by atoms with van der Waals surface area (Å²) in [4.78, 5) is 22.5. The Labute approximate surface area is 425 Å². The van der Waals surface area contributed by atoms with E-state index in [1.54, 1.807) is 42.7 Å². The van der Waals surface area contributed by atoms with Crippen LogP contribution >= 0.6 is 47.8 Å². The Morgan fingerprint density at radius 2 is 1.31 bits per heavy atom. The topological polar surface area (TPSA) is 118 Å². The minimum absolute atomic E-state index is 0. The van der Waals surface area contributed by atoms with E-state index in [0.717, 1.165) is 42.5 Å². The predicted octanol–water partition coefficient (Wildman–Crippen LogP) is 3.41. The van der Waals surface area contributed by atoms with Crippen molar-refractivity contribution in [1.29, 1.82) is 0 Å². The molecule has 13 heteroatoms. The van der Waals surface area contributed by atoms with E-state index < -0.39 is 0 Å². The monoisotopic (exact) mass is 1090 g/mol. The normalized spacial score (nSPS) is 9.62. The SMILES string of the molecule is CC(C)Oc1ccc(-c2coc3ccc(Br)cc23)cc1.CC(C)Oc1ccc(C(=O)CBr)cc1.O=CO[O-].Oc1ccc(Br)cc1.[Cs+].[Cs+].[H-]. The van der Waals surface area contributed by atoms with Gasteiger partial charge in [0.1, 0.15) is 22.8 Å². The first kappa shape index (κ1) is 48.5. The fourth-order valence-electron chi connectivity index (χ4n) is 3.72. The molecule has 0 saturated carbocycles. The van der Waals surface area contributed by atoms with Gasteiger partial charge in [-0.05, 0) is 112 Å². The fraction of sp³-hybridized carbons (Fsp3) is 0.200. The van der Waals surface area contributed by atoms with Gasteiger partial charge in [0.05, 0.1) is 23.8 Å². The number of rotatable bonds is 8. The summed E-state index contributed by atoms with van der Waals surface area (Å²) in [5.74, 6) is 2.07. The van der Waals surface area contributed by atoms with Crippen LogP contribution in [0.2, 0.25) is 0 Å². The molecule has 4 aromatic carbocycles. The quantitative estimate of drug-likeness (QED) is 0.0828. The molecule has 5 rings (SSSR count). The third-order valence-electron chi connectivity index (χ3n) is 5.61. The molecule has 0 unspecified atom stereocenters. The number of ether oxygens (including phenoxy) is 2. The largest absolute Gasteiger partial charge is 1.00 e. The van der Waals surface area contributed by atoms with Crippen LogP contribution in [0.3, 0.4) is 0 Å². The van der Waals surface area contributed by atoms with Gasteiger partial charge in [0, 0.05) is 25.5 Å². The van der Waals surface area contributed by atoms with Crippen LogP contribution in [0.5, 0.6) is 17.2 Å². The van der Waals surface area contributed by atoms with Gasteiger partial charge >= 0.3 is 138 Å². The Morgan fingerprint density at radius 3 is 1.75 bits per heavy atom. The maximum absolute atomic E-state index is 11.3. The minimum Gasteiger partial charge on any atom is -1.00 e. The molecule has 0 spiro atoms. The standard InChI is InChI=1S/C17H15BrO2.C11H13BrO2.C6H5BrO.CH2O3.2Cs.H/c1-11(2)20-14-6-3-12(4-7-14)16-10-19-17-8-5-13(18)9-15(16)17;1-8(2)14-10-5-3-9(4-6-10)11(13)7-12;7-5-1-3-6(8)4-2-5;2-1-4-3;;;/h3-11H,1-2H3;3-6,8H,7H2,1-2H3;1-4,8H;1,3H;;;/q;;;;2*+1;-1/p-1. The second-order valence-corrected chi connectivity index (χ2v) is 12.3. The summed E-state index contributed by atoms with van der Waals surface area (Å²) in [5, 5.41) is 18.6. The molecule has 246 valence electrons. The average molecular weight is 1090 g/mol. The van der Waals surface area contributed by atoms with Gasteiger partial charge in [0.25, 0.3) is 6.47 Å². The van der Waals surface area contributed by atoms with E-state index in [9.17, 15) is 4.79 Å². The van der Waals surface area contributed by atoms with Gasteiger partial charge in [-0.25, -0.2) is 0 Å². The molecule has 8 nitrogen and oxygen atoms in total. The third-order valence-corrected chi connectivity index (χ3v) is 7.14. The van der Waals surface area contributed by atoms with Crippen molar-refractivity contribution in [3.05, 3.63) is 112 Å². The summed E-state index contributed by atoms with van der Waals surface area (Å²) < 4.78 is 18.8. The summed E-state index contributed by atoms with van der Waals surface area (Å²) in [6.07, 6.45) is 2.15. The maximum atomic E-state index is 11.3. The van der Waals surface area contributed by atoms with Gasteiger partial charge < -0.3 is 30.6 Å². The summed E-state index contributed by atoms with van der Waals surface area (Å²) in [6, 6.07) is 28.2. The van der Waals surface area contributed by atoms with Gasteiger partial charge in [-0.3, -0.25) is 9.59 Å². The van der Waals surface area contributed by atoms with E-state index in [-0.39, 0.29) is 164 Å². The zero-order chi connectivity index (χ0) is 34.1. The fourth-order valence-corrected chi connectivity index (χ4v) is 4.67. The van der Waals surface area contributed by atoms with Crippen molar-refractivity contribution in [2.45, 2.75) is 39.9 Å². The van der Waals surface area contributed by atoms with E-state index in [1.807, 2.05) is 64.1 Å². The Morgan fingerprint density at radius 1 is 0.833 bits per heavy atom. The average Bonchev–Trinajstić information content (AvgIpc) is 3.46. The number of hydrogen-bond acceptors (Lipinski definition) is 8. The summed E-state index contributed by atoms with van der Waals surface area (Å²) in [6.45, 7) is 7.80. The van der Waals surface area contributed by atoms with Gasteiger partial charge in [0.2, 0.25) is 0 Å². The van der Waals surface area contributed by atoms with Crippen LogP contribution < -0.4 is 153 Å². The van der Waals surface area contributed by atoms with Gasteiger partial charge in [-0.1, -0.05) is 59.9 Å². The van der Waals surface area contributed by atoms with E-state index in [2.05, 4.69) is 70.9 Å². The molecular weight excluding hydrogens is 1050 g/mol. The Bertz CT molecular complexity index is 1610. The van der Waals surface area contributed by atoms with Crippen LogP contribution in [0.1, 0.15) is 39.5 Å². The van der Waals surface area contributed by atoms with E-state index in [0.29, 0.717) is 16.6 Å². The summed E-state index contributed by atoms with van der Waals surface area (Å²) in [5.41, 5.74) is 3.82. The van der Waals surface area contributed by atoms with E-state index in [1.165, 1.54) is 0 Å². The first-order valence-electron chi connectivity index (χ1n) is 13.9. The number of furan rings is 1. The number of ketones is 1. The zero-order valence-corrected chi connectivity index (χ0v) is 44.9. The number of hydrogen-bond donors (Lipinski definition) is 1. The molecule has 0 saturated heterocycles. The van der Waals surface area contributed by atoms with E-state index >= 15 is 0 Å². The van der Waals surface area contributed by atoms with Crippen molar-refractivity contribution in [2.75, 3.05) is 5.33 Å². The first-order chi connectivity index (χ1) is 22.0.